The highest BCUT2D eigenvalue weighted by atomic mass is 35.5. The van der Waals surface area contributed by atoms with Gasteiger partial charge in [-0.3, -0.25) is 4.79 Å². The van der Waals surface area contributed by atoms with E-state index in [0.29, 0.717) is 18.5 Å². The molecule has 1 amide bonds. The zero-order chi connectivity index (χ0) is 14.6. The molecule has 1 saturated heterocycles. The molecule has 0 saturated carbocycles. The first-order chi connectivity index (χ1) is 9.47. The molecular weight excluding hydrogens is 305 g/mol. The second-order valence-electron chi connectivity index (χ2n) is 4.94. The maximum absolute atomic E-state index is 13.0. The van der Waals surface area contributed by atoms with Crippen molar-refractivity contribution in [1.29, 1.82) is 0 Å². The van der Waals surface area contributed by atoms with Crippen molar-refractivity contribution < 1.29 is 18.0 Å². The van der Waals surface area contributed by atoms with Gasteiger partial charge in [0.05, 0.1) is 6.04 Å². The molecule has 2 unspecified atom stereocenters. The van der Waals surface area contributed by atoms with E-state index in [9.17, 15) is 18.0 Å². The summed E-state index contributed by atoms with van der Waals surface area (Å²) in [7, 11) is 0. The number of benzene rings is 1. The molecule has 2 N–H and O–H groups in total. The van der Waals surface area contributed by atoms with Gasteiger partial charge in [-0.05, 0) is 24.9 Å². The topological polar surface area (TPSA) is 41.1 Å². The third-order valence-corrected chi connectivity index (χ3v) is 3.37. The van der Waals surface area contributed by atoms with Crippen molar-refractivity contribution in [3.8, 4) is 0 Å². The van der Waals surface area contributed by atoms with Crippen molar-refractivity contribution in [2.24, 2.45) is 0 Å². The molecule has 7 heteroatoms. The molecule has 0 bridgehead atoms. The van der Waals surface area contributed by atoms with E-state index in [4.69, 9.17) is 0 Å². The fourth-order valence-electron chi connectivity index (χ4n) is 2.28. The van der Waals surface area contributed by atoms with Gasteiger partial charge in [0.15, 0.2) is 0 Å². The Morgan fingerprint density at radius 1 is 1.33 bits per heavy atom. The summed E-state index contributed by atoms with van der Waals surface area (Å²) in [6.07, 6.45) is -3.30. The van der Waals surface area contributed by atoms with Crippen molar-refractivity contribution in [3.63, 3.8) is 0 Å². The van der Waals surface area contributed by atoms with E-state index in [1.54, 1.807) is 30.3 Å². The quantitative estimate of drug-likeness (QED) is 0.894. The van der Waals surface area contributed by atoms with Crippen LogP contribution in [0.4, 0.5) is 13.2 Å². The predicted octanol–water partition coefficient (Wildman–Crippen LogP) is 2.45. The Morgan fingerprint density at radius 3 is 2.52 bits per heavy atom. The first-order valence-corrected chi connectivity index (χ1v) is 6.61. The zero-order valence-corrected chi connectivity index (χ0v) is 12.1. The number of hydrogen-bond acceptors (Lipinski definition) is 2. The lowest BCUT2D eigenvalue weighted by Crippen LogP contribution is -2.51. The Hall–Kier alpha value is -1.27. The van der Waals surface area contributed by atoms with Crippen LogP contribution in [0.3, 0.4) is 0 Å². The van der Waals surface area contributed by atoms with Gasteiger partial charge in [-0.15, -0.1) is 12.4 Å². The summed E-state index contributed by atoms with van der Waals surface area (Å²) < 4.78 is 39.1. The Kier molecular flexibility index (Phi) is 6.48. The summed E-state index contributed by atoms with van der Waals surface area (Å²) in [5, 5.41) is 5.02. The molecule has 1 aromatic carbocycles. The smallest absolute Gasteiger partial charge is 0.343 e. The largest absolute Gasteiger partial charge is 0.408 e. The summed E-state index contributed by atoms with van der Waals surface area (Å²) in [4.78, 5) is 11.8. The summed E-state index contributed by atoms with van der Waals surface area (Å²) in [6.45, 7) is 0.674. The van der Waals surface area contributed by atoms with E-state index in [2.05, 4.69) is 10.6 Å². The van der Waals surface area contributed by atoms with Crippen LogP contribution < -0.4 is 10.6 Å². The third kappa shape index (κ3) is 5.21. The number of hydrogen-bond donors (Lipinski definition) is 2. The van der Waals surface area contributed by atoms with Crippen molar-refractivity contribution in [2.75, 3.05) is 6.54 Å². The molecule has 1 aromatic rings. The highest BCUT2D eigenvalue weighted by molar-refractivity contribution is 5.85. The first kappa shape index (κ1) is 17.8. The highest BCUT2D eigenvalue weighted by Crippen LogP contribution is 2.23. The average molecular weight is 323 g/mol. The maximum atomic E-state index is 13.0. The predicted molar refractivity (Wildman–Crippen MR) is 76.4 cm³/mol. The Labute approximate surface area is 127 Å². The molecule has 0 spiro atoms. The molecule has 21 heavy (non-hydrogen) atoms. The fourth-order valence-corrected chi connectivity index (χ4v) is 2.28. The normalized spacial score (nSPS) is 19.7. The van der Waals surface area contributed by atoms with E-state index in [0.717, 1.165) is 6.42 Å². The summed E-state index contributed by atoms with van der Waals surface area (Å²) >= 11 is 0. The molecule has 1 aliphatic rings. The van der Waals surface area contributed by atoms with E-state index < -0.39 is 24.2 Å². The minimum absolute atomic E-state index is 0. The number of alkyl halides is 3. The first-order valence-electron chi connectivity index (χ1n) is 6.61. The lowest BCUT2D eigenvalue weighted by atomic mass is 10.0. The SMILES string of the molecule is Cl.O=C(NC(Cc1ccccc1)C(F)(F)F)C1CCCN1. The van der Waals surface area contributed by atoms with Crippen molar-refractivity contribution in [3.05, 3.63) is 35.9 Å². The lowest BCUT2D eigenvalue weighted by molar-refractivity contribution is -0.162. The molecule has 0 aliphatic carbocycles. The van der Waals surface area contributed by atoms with Crippen LogP contribution >= 0.6 is 12.4 Å². The van der Waals surface area contributed by atoms with E-state index >= 15 is 0 Å². The van der Waals surface area contributed by atoms with Crippen LogP contribution in [-0.4, -0.2) is 30.7 Å². The minimum Gasteiger partial charge on any atom is -0.343 e. The van der Waals surface area contributed by atoms with Crippen LogP contribution in [0, 0.1) is 0 Å². The zero-order valence-electron chi connectivity index (χ0n) is 11.3. The second kappa shape index (κ2) is 7.66. The molecule has 2 atom stereocenters. The number of halogens is 4. The third-order valence-electron chi connectivity index (χ3n) is 3.37. The molecule has 0 radical (unpaired) electrons. The van der Waals surface area contributed by atoms with E-state index in [1.807, 2.05) is 0 Å². The number of nitrogens with one attached hydrogen (secondary N) is 2. The standard InChI is InChI=1S/C14H17F3N2O.ClH/c15-14(16,17)12(9-10-5-2-1-3-6-10)19-13(20)11-7-4-8-18-11;/h1-3,5-6,11-12,18H,4,7-9H2,(H,19,20);1H. The molecule has 3 nitrogen and oxygen atoms in total. The van der Waals surface area contributed by atoms with E-state index in [1.165, 1.54) is 0 Å². The minimum atomic E-state index is -4.45. The van der Waals surface area contributed by atoms with Crippen molar-refractivity contribution in [2.45, 2.75) is 37.5 Å². The monoisotopic (exact) mass is 322 g/mol. The molecule has 0 aromatic heterocycles. The van der Waals surface area contributed by atoms with Crippen LogP contribution in [-0.2, 0) is 11.2 Å². The van der Waals surface area contributed by atoms with Gasteiger partial charge in [0.2, 0.25) is 5.91 Å². The van der Waals surface area contributed by atoms with Crippen LogP contribution in [0.2, 0.25) is 0 Å². The molecule has 1 fully saturated rings. The Morgan fingerprint density at radius 2 is 2.00 bits per heavy atom. The maximum Gasteiger partial charge on any atom is 0.408 e. The molecule has 118 valence electrons. The number of carbonyl (C=O) groups excluding carboxylic acids is 1. The van der Waals surface area contributed by atoms with Gasteiger partial charge < -0.3 is 10.6 Å². The van der Waals surface area contributed by atoms with Crippen molar-refractivity contribution >= 4 is 18.3 Å². The van der Waals surface area contributed by atoms with Gasteiger partial charge in [-0.1, -0.05) is 30.3 Å². The Bertz CT molecular complexity index is 447. The van der Waals surface area contributed by atoms with Crippen LogP contribution in [0.1, 0.15) is 18.4 Å². The number of amides is 1. The van der Waals surface area contributed by atoms with Crippen molar-refractivity contribution in [1.82, 2.24) is 10.6 Å². The number of carbonyl (C=O) groups is 1. The van der Waals surface area contributed by atoms with Gasteiger partial charge in [0.25, 0.3) is 0 Å². The molecule has 2 rings (SSSR count). The van der Waals surface area contributed by atoms with Gasteiger partial charge in [0, 0.05) is 6.42 Å². The molecule has 1 aliphatic heterocycles. The van der Waals surface area contributed by atoms with Crippen LogP contribution in [0.5, 0.6) is 0 Å². The number of rotatable bonds is 4. The van der Waals surface area contributed by atoms with Gasteiger partial charge >= 0.3 is 6.18 Å². The van der Waals surface area contributed by atoms with Gasteiger partial charge in [-0.2, -0.15) is 13.2 Å². The summed E-state index contributed by atoms with van der Waals surface area (Å²) in [6, 6.07) is 6.01. The second-order valence-corrected chi connectivity index (χ2v) is 4.94. The van der Waals surface area contributed by atoms with Gasteiger partial charge in [-0.25, -0.2) is 0 Å². The molecular formula is C14H18ClF3N2O. The highest BCUT2D eigenvalue weighted by Gasteiger charge is 2.41. The summed E-state index contributed by atoms with van der Waals surface area (Å²) in [5.41, 5.74) is 0.550. The molecule has 1 heterocycles. The van der Waals surface area contributed by atoms with E-state index in [-0.39, 0.29) is 18.8 Å². The average Bonchev–Trinajstić information content (AvgIpc) is 2.92. The summed E-state index contributed by atoms with van der Waals surface area (Å²) in [5.74, 6) is -0.569. The Balaban J connectivity index is 0.00000220. The van der Waals surface area contributed by atoms with Gasteiger partial charge in [0.1, 0.15) is 6.04 Å². The van der Waals surface area contributed by atoms with Crippen LogP contribution in [0.25, 0.3) is 0 Å². The van der Waals surface area contributed by atoms with Crippen LogP contribution in [0.15, 0.2) is 30.3 Å². The fraction of sp³-hybridized carbons (Fsp3) is 0.500. The lowest BCUT2D eigenvalue weighted by Gasteiger charge is -2.23.